The Hall–Kier alpha value is -1.92. The van der Waals surface area contributed by atoms with Gasteiger partial charge in [0.2, 0.25) is 0 Å². The fraction of sp³-hybridized carbons (Fsp3) is 0.455. The van der Waals surface area contributed by atoms with Crippen molar-refractivity contribution in [3.05, 3.63) is 17.5 Å². The third-order valence-corrected chi connectivity index (χ3v) is 2.12. The van der Waals surface area contributed by atoms with Gasteiger partial charge in [0, 0.05) is 6.07 Å². The van der Waals surface area contributed by atoms with Crippen LogP contribution in [0.3, 0.4) is 0 Å². The summed E-state index contributed by atoms with van der Waals surface area (Å²) < 4.78 is 34.7. The molecule has 0 aliphatic rings. The minimum absolute atomic E-state index is 0.162. The molecule has 0 unspecified atom stereocenters. The largest absolute Gasteiger partial charge is 0.506 e. The molecule has 1 aromatic heterocycles. The number of carbonyl (C=O) groups is 1. The molecule has 1 N–H and O–H groups in total. The minimum Gasteiger partial charge on any atom is -0.506 e. The van der Waals surface area contributed by atoms with Gasteiger partial charge in [0.15, 0.2) is 0 Å². The Morgan fingerprint density at radius 3 is 2.72 bits per heavy atom. The van der Waals surface area contributed by atoms with Crippen LogP contribution in [0.15, 0.2) is 6.07 Å². The van der Waals surface area contributed by atoms with Crippen LogP contribution in [-0.2, 0) is 16.0 Å². The van der Waals surface area contributed by atoms with Crippen LogP contribution in [0.4, 0.5) is 8.78 Å². The second kappa shape index (κ2) is 6.13. The van der Waals surface area contributed by atoms with Crippen molar-refractivity contribution in [2.45, 2.75) is 19.8 Å². The molecule has 0 bridgehead atoms. The van der Waals surface area contributed by atoms with Crippen LogP contribution in [0.25, 0.3) is 0 Å². The van der Waals surface area contributed by atoms with Gasteiger partial charge in [-0.15, -0.1) is 0 Å². The normalized spacial score (nSPS) is 10.5. The van der Waals surface area contributed by atoms with Crippen molar-refractivity contribution in [1.29, 1.82) is 0 Å². The van der Waals surface area contributed by atoms with Gasteiger partial charge in [0.25, 0.3) is 6.43 Å². The van der Waals surface area contributed by atoms with E-state index in [0.29, 0.717) is 0 Å². The number of ether oxygens (including phenoxy) is 2. The summed E-state index contributed by atoms with van der Waals surface area (Å²) in [4.78, 5) is 14.7. The fourth-order valence-corrected chi connectivity index (χ4v) is 1.34. The van der Waals surface area contributed by atoms with E-state index < -0.39 is 18.1 Å². The lowest BCUT2D eigenvalue weighted by atomic mass is 10.2. The topological polar surface area (TPSA) is 68.7 Å². The molecule has 5 nitrogen and oxygen atoms in total. The maximum absolute atomic E-state index is 12.7. The van der Waals surface area contributed by atoms with Gasteiger partial charge in [0.05, 0.1) is 25.8 Å². The molecule has 0 amide bonds. The predicted molar refractivity (Wildman–Crippen MR) is 57.7 cm³/mol. The number of esters is 1. The first-order valence-corrected chi connectivity index (χ1v) is 5.20. The Labute approximate surface area is 102 Å². The van der Waals surface area contributed by atoms with E-state index >= 15 is 0 Å². The standard InChI is InChI=1S/C11H13F2NO4/c1-3-18-9(16)4-6-7(15)5-8(17-2)10(14-6)11(12)13/h5,11,15H,3-4H2,1-2H3. The lowest BCUT2D eigenvalue weighted by Gasteiger charge is -2.10. The predicted octanol–water partition coefficient (Wildman–Crippen LogP) is 1.84. The summed E-state index contributed by atoms with van der Waals surface area (Å²) >= 11 is 0. The molecule has 7 heteroatoms. The van der Waals surface area contributed by atoms with Crippen molar-refractivity contribution < 1.29 is 28.2 Å². The molecule has 0 aromatic carbocycles. The molecule has 0 atom stereocenters. The summed E-state index contributed by atoms with van der Waals surface area (Å²) in [6.45, 7) is 1.78. The highest BCUT2D eigenvalue weighted by atomic mass is 19.3. The highest BCUT2D eigenvalue weighted by Crippen LogP contribution is 2.31. The molecule has 0 spiro atoms. The van der Waals surface area contributed by atoms with Gasteiger partial charge < -0.3 is 14.6 Å². The van der Waals surface area contributed by atoms with Crippen LogP contribution < -0.4 is 4.74 Å². The first kappa shape index (κ1) is 14.1. The van der Waals surface area contributed by atoms with E-state index in [9.17, 15) is 18.7 Å². The number of methoxy groups -OCH3 is 1. The summed E-state index contributed by atoms with van der Waals surface area (Å²) in [5.41, 5.74) is -0.779. The molecule has 1 rings (SSSR count). The second-order valence-corrected chi connectivity index (χ2v) is 3.32. The van der Waals surface area contributed by atoms with Gasteiger partial charge in [-0.3, -0.25) is 4.79 Å². The Morgan fingerprint density at radius 1 is 1.56 bits per heavy atom. The van der Waals surface area contributed by atoms with Gasteiger partial charge in [0.1, 0.15) is 17.2 Å². The molecule has 0 saturated carbocycles. The van der Waals surface area contributed by atoms with Crippen molar-refractivity contribution in [3.63, 3.8) is 0 Å². The molecule has 0 fully saturated rings. The minimum atomic E-state index is -2.86. The summed E-state index contributed by atoms with van der Waals surface area (Å²) in [6.07, 6.45) is -3.23. The Morgan fingerprint density at radius 2 is 2.22 bits per heavy atom. The maximum atomic E-state index is 12.7. The van der Waals surface area contributed by atoms with E-state index in [4.69, 9.17) is 0 Å². The number of aromatic hydroxyl groups is 1. The third-order valence-electron chi connectivity index (χ3n) is 2.12. The highest BCUT2D eigenvalue weighted by Gasteiger charge is 2.21. The average molecular weight is 261 g/mol. The smallest absolute Gasteiger partial charge is 0.312 e. The van der Waals surface area contributed by atoms with E-state index in [2.05, 4.69) is 14.5 Å². The third kappa shape index (κ3) is 3.28. The lowest BCUT2D eigenvalue weighted by molar-refractivity contribution is -0.142. The van der Waals surface area contributed by atoms with Crippen molar-refractivity contribution in [2.75, 3.05) is 13.7 Å². The molecule has 0 radical (unpaired) electrons. The molecule has 100 valence electrons. The first-order chi connectivity index (χ1) is 8.49. The molecule has 0 saturated heterocycles. The van der Waals surface area contributed by atoms with Gasteiger partial charge in [-0.1, -0.05) is 0 Å². The summed E-state index contributed by atoms with van der Waals surface area (Å²) in [6, 6.07) is 1.00. The number of alkyl halides is 2. The van der Waals surface area contributed by atoms with E-state index in [-0.39, 0.29) is 30.2 Å². The van der Waals surface area contributed by atoms with Crippen molar-refractivity contribution >= 4 is 5.97 Å². The molecule has 1 heterocycles. The number of hydrogen-bond donors (Lipinski definition) is 1. The van der Waals surface area contributed by atoms with Crippen molar-refractivity contribution in [2.24, 2.45) is 0 Å². The van der Waals surface area contributed by atoms with Crippen molar-refractivity contribution in [3.8, 4) is 11.5 Å². The number of nitrogens with zero attached hydrogens (tertiary/aromatic N) is 1. The Bertz CT molecular complexity index is 437. The molecular formula is C11H13F2NO4. The molecule has 1 aromatic rings. The molecule has 0 aliphatic heterocycles. The van der Waals surface area contributed by atoms with Crippen LogP contribution >= 0.6 is 0 Å². The number of carbonyl (C=O) groups excluding carboxylic acids is 1. The van der Waals surface area contributed by atoms with Crippen molar-refractivity contribution in [1.82, 2.24) is 4.98 Å². The van der Waals surface area contributed by atoms with Crippen LogP contribution in [-0.4, -0.2) is 29.8 Å². The van der Waals surface area contributed by atoms with Gasteiger partial charge >= 0.3 is 5.97 Å². The molecule has 18 heavy (non-hydrogen) atoms. The zero-order valence-electron chi connectivity index (χ0n) is 9.94. The maximum Gasteiger partial charge on any atom is 0.312 e. The lowest BCUT2D eigenvalue weighted by Crippen LogP contribution is -2.10. The number of aromatic nitrogens is 1. The Balaban J connectivity index is 3.05. The number of pyridine rings is 1. The average Bonchev–Trinajstić information content (AvgIpc) is 2.31. The van der Waals surface area contributed by atoms with Crippen LogP contribution in [0, 0.1) is 0 Å². The monoisotopic (exact) mass is 261 g/mol. The fourth-order valence-electron chi connectivity index (χ4n) is 1.34. The summed E-state index contributed by atoms with van der Waals surface area (Å²) in [7, 11) is 1.19. The molecule has 0 aliphatic carbocycles. The van der Waals surface area contributed by atoms with Crippen LogP contribution in [0.5, 0.6) is 11.5 Å². The van der Waals surface area contributed by atoms with E-state index in [1.807, 2.05) is 0 Å². The quantitative estimate of drug-likeness (QED) is 0.819. The second-order valence-electron chi connectivity index (χ2n) is 3.32. The summed E-state index contributed by atoms with van der Waals surface area (Å²) in [5, 5.41) is 9.55. The van der Waals surface area contributed by atoms with E-state index in [1.54, 1.807) is 6.92 Å². The number of halogens is 2. The highest BCUT2D eigenvalue weighted by molar-refractivity contribution is 5.73. The van der Waals surface area contributed by atoms with E-state index in [0.717, 1.165) is 6.07 Å². The van der Waals surface area contributed by atoms with E-state index in [1.165, 1.54) is 7.11 Å². The summed E-state index contributed by atoms with van der Waals surface area (Å²) in [5.74, 6) is -1.26. The first-order valence-electron chi connectivity index (χ1n) is 5.20. The SMILES string of the molecule is CCOC(=O)Cc1nc(C(F)F)c(OC)cc1O. The van der Waals surface area contributed by atoms with Gasteiger partial charge in [-0.2, -0.15) is 0 Å². The number of hydrogen-bond acceptors (Lipinski definition) is 5. The van der Waals surface area contributed by atoms with Crippen LogP contribution in [0.2, 0.25) is 0 Å². The van der Waals surface area contributed by atoms with Crippen LogP contribution in [0.1, 0.15) is 24.7 Å². The van der Waals surface area contributed by atoms with Gasteiger partial charge in [-0.25, -0.2) is 13.8 Å². The number of rotatable bonds is 5. The Kier molecular flexibility index (Phi) is 4.82. The molecular weight excluding hydrogens is 248 g/mol. The zero-order chi connectivity index (χ0) is 13.7. The zero-order valence-corrected chi connectivity index (χ0v) is 9.94. The van der Waals surface area contributed by atoms with Gasteiger partial charge in [-0.05, 0) is 6.92 Å².